The highest BCUT2D eigenvalue weighted by Gasteiger charge is 2.12. The average molecular weight is 370 g/mol. The lowest BCUT2D eigenvalue weighted by molar-refractivity contribution is -0.115. The monoisotopic (exact) mass is 370 g/mol. The van der Waals surface area contributed by atoms with Crippen LogP contribution < -0.4 is 10.1 Å². The fourth-order valence-electron chi connectivity index (χ4n) is 2.40. The number of rotatable bonds is 8. The summed E-state index contributed by atoms with van der Waals surface area (Å²) in [6.07, 6.45) is 1.46. The van der Waals surface area contributed by atoms with Crippen LogP contribution in [0.4, 0.5) is 10.1 Å². The quantitative estimate of drug-likeness (QED) is 0.612. The molecule has 27 heavy (non-hydrogen) atoms. The maximum atomic E-state index is 14.0. The number of carbonyl (C=O) groups excluding carboxylic acids is 1. The van der Waals surface area contributed by atoms with Crippen molar-refractivity contribution in [2.24, 2.45) is 0 Å². The van der Waals surface area contributed by atoms with Crippen LogP contribution >= 0.6 is 0 Å². The van der Waals surface area contributed by atoms with Gasteiger partial charge in [-0.05, 0) is 24.3 Å². The lowest BCUT2D eigenvalue weighted by Gasteiger charge is -2.09. The van der Waals surface area contributed by atoms with Crippen LogP contribution in [-0.2, 0) is 16.0 Å². The molecule has 0 saturated heterocycles. The zero-order chi connectivity index (χ0) is 19.1. The van der Waals surface area contributed by atoms with E-state index in [1.54, 1.807) is 6.07 Å². The standard InChI is InChI=1S/C20H19FN2O4/c1-25-9-10-26-18-8-7-15(11-17(18)21)22-19(24)12-16-13-27-20(23-16)14-5-3-2-4-6-14/h2-8,11,13H,9-10,12H2,1H3,(H,22,24). The maximum absolute atomic E-state index is 14.0. The number of aromatic nitrogens is 1. The first-order valence-corrected chi connectivity index (χ1v) is 8.36. The molecule has 0 aliphatic carbocycles. The van der Waals surface area contributed by atoms with E-state index in [-0.39, 0.29) is 24.7 Å². The van der Waals surface area contributed by atoms with E-state index in [0.717, 1.165) is 5.56 Å². The van der Waals surface area contributed by atoms with E-state index >= 15 is 0 Å². The SMILES string of the molecule is COCCOc1ccc(NC(=O)Cc2coc(-c3ccccc3)n2)cc1F. The number of benzene rings is 2. The Kier molecular flexibility index (Phi) is 6.17. The Morgan fingerprint density at radius 1 is 1.19 bits per heavy atom. The van der Waals surface area contributed by atoms with Gasteiger partial charge in [0, 0.05) is 24.4 Å². The van der Waals surface area contributed by atoms with E-state index in [9.17, 15) is 9.18 Å². The van der Waals surface area contributed by atoms with Crippen LogP contribution in [0.5, 0.6) is 5.75 Å². The van der Waals surface area contributed by atoms with Crippen molar-refractivity contribution < 1.29 is 23.1 Å². The summed E-state index contributed by atoms with van der Waals surface area (Å²) in [5.74, 6) is -0.330. The lowest BCUT2D eigenvalue weighted by Crippen LogP contribution is -2.15. The molecular formula is C20H19FN2O4. The van der Waals surface area contributed by atoms with Crippen molar-refractivity contribution >= 4 is 11.6 Å². The molecule has 140 valence electrons. The van der Waals surface area contributed by atoms with Gasteiger partial charge >= 0.3 is 0 Å². The fourth-order valence-corrected chi connectivity index (χ4v) is 2.40. The van der Waals surface area contributed by atoms with Crippen molar-refractivity contribution in [3.8, 4) is 17.2 Å². The molecule has 1 aromatic heterocycles. The molecule has 1 heterocycles. The summed E-state index contributed by atoms with van der Waals surface area (Å²) >= 11 is 0. The largest absolute Gasteiger partial charge is 0.488 e. The number of carbonyl (C=O) groups is 1. The summed E-state index contributed by atoms with van der Waals surface area (Å²) in [5, 5.41) is 2.63. The zero-order valence-electron chi connectivity index (χ0n) is 14.8. The number of ether oxygens (including phenoxy) is 2. The van der Waals surface area contributed by atoms with Crippen LogP contribution in [0.1, 0.15) is 5.69 Å². The Balaban J connectivity index is 1.58. The molecule has 0 aliphatic heterocycles. The molecule has 0 unspecified atom stereocenters. The summed E-state index contributed by atoms with van der Waals surface area (Å²) < 4.78 is 29.5. The number of nitrogens with one attached hydrogen (secondary N) is 1. The molecule has 1 N–H and O–H groups in total. The number of oxazole rings is 1. The molecule has 2 aromatic carbocycles. The summed E-state index contributed by atoms with van der Waals surface area (Å²) in [7, 11) is 1.54. The number of halogens is 1. The van der Waals surface area contributed by atoms with Gasteiger partial charge in [0.25, 0.3) is 0 Å². The maximum Gasteiger partial charge on any atom is 0.230 e. The van der Waals surface area contributed by atoms with Crippen molar-refractivity contribution in [1.82, 2.24) is 4.98 Å². The molecule has 1 amide bonds. The van der Waals surface area contributed by atoms with Gasteiger partial charge in [0.2, 0.25) is 11.8 Å². The lowest BCUT2D eigenvalue weighted by atomic mass is 10.2. The molecule has 0 radical (unpaired) electrons. The van der Waals surface area contributed by atoms with Crippen LogP contribution in [0, 0.1) is 5.82 Å². The molecule has 0 fully saturated rings. The van der Waals surface area contributed by atoms with E-state index in [2.05, 4.69) is 10.3 Å². The second kappa shape index (κ2) is 8.95. The summed E-state index contributed by atoms with van der Waals surface area (Å²) in [6.45, 7) is 0.607. The normalized spacial score (nSPS) is 10.6. The number of anilines is 1. The van der Waals surface area contributed by atoms with E-state index in [1.807, 2.05) is 30.3 Å². The number of hydrogen-bond acceptors (Lipinski definition) is 5. The van der Waals surface area contributed by atoms with Crippen molar-refractivity contribution in [1.29, 1.82) is 0 Å². The van der Waals surface area contributed by atoms with Gasteiger partial charge < -0.3 is 19.2 Å². The van der Waals surface area contributed by atoms with Crippen LogP contribution in [0.2, 0.25) is 0 Å². The van der Waals surface area contributed by atoms with Crippen molar-refractivity contribution in [3.63, 3.8) is 0 Å². The average Bonchev–Trinajstić information content (AvgIpc) is 3.13. The molecule has 0 atom stereocenters. The first kappa shape index (κ1) is 18.6. The number of amides is 1. The Hall–Kier alpha value is -3.19. The van der Waals surface area contributed by atoms with Gasteiger partial charge in [-0.3, -0.25) is 4.79 Å². The molecule has 0 spiro atoms. The smallest absolute Gasteiger partial charge is 0.230 e. The van der Waals surface area contributed by atoms with E-state index in [0.29, 0.717) is 23.9 Å². The molecule has 7 heteroatoms. The van der Waals surface area contributed by atoms with Gasteiger partial charge in [-0.25, -0.2) is 9.37 Å². The highest BCUT2D eigenvalue weighted by Crippen LogP contribution is 2.22. The van der Waals surface area contributed by atoms with Crippen molar-refractivity contribution in [3.05, 3.63) is 66.3 Å². The van der Waals surface area contributed by atoms with Crippen LogP contribution in [0.15, 0.2) is 59.2 Å². The predicted octanol–water partition coefficient (Wildman–Crippen LogP) is 3.69. The Labute approximate surface area is 155 Å². The topological polar surface area (TPSA) is 73.6 Å². The molecule has 0 aliphatic rings. The first-order valence-electron chi connectivity index (χ1n) is 8.36. The van der Waals surface area contributed by atoms with E-state index in [4.69, 9.17) is 13.9 Å². The van der Waals surface area contributed by atoms with Gasteiger partial charge in [-0.1, -0.05) is 18.2 Å². The second-order valence-electron chi connectivity index (χ2n) is 5.72. The van der Waals surface area contributed by atoms with Gasteiger partial charge in [0.15, 0.2) is 11.6 Å². The second-order valence-corrected chi connectivity index (χ2v) is 5.72. The third-order valence-corrected chi connectivity index (χ3v) is 3.67. The van der Waals surface area contributed by atoms with Crippen molar-refractivity contribution in [2.75, 3.05) is 25.6 Å². The van der Waals surface area contributed by atoms with Crippen LogP contribution in [0.3, 0.4) is 0 Å². The molecule has 6 nitrogen and oxygen atoms in total. The first-order chi connectivity index (χ1) is 13.2. The molecule has 0 saturated carbocycles. The van der Waals surface area contributed by atoms with Gasteiger partial charge in [0.05, 0.1) is 18.7 Å². The minimum absolute atomic E-state index is 0.0179. The molecule has 3 rings (SSSR count). The van der Waals surface area contributed by atoms with Crippen LogP contribution in [0.25, 0.3) is 11.5 Å². The van der Waals surface area contributed by atoms with Gasteiger partial charge in [-0.2, -0.15) is 0 Å². The summed E-state index contributed by atoms with van der Waals surface area (Å²) in [4.78, 5) is 16.5. The highest BCUT2D eigenvalue weighted by molar-refractivity contribution is 5.92. The summed E-state index contributed by atoms with van der Waals surface area (Å²) in [5.41, 5.74) is 1.66. The van der Waals surface area contributed by atoms with Gasteiger partial charge in [-0.15, -0.1) is 0 Å². The third kappa shape index (κ3) is 5.15. The van der Waals surface area contributed by atoms with Gasteiger partial charge in [0.1, 0.15) is 12.9 Å². The number of nitrogens with zero attached hydrogens (tertiary/aromatic N) is 1. The minimum atomic E-state index is -0.559. The number of methoxy groups -OCH3 is 1. The van der Waals surface area contributed by atoms with E-state index in [1.165, 1.54) is 25.5 Å². The van der Waals surface area contributed by atoms with Crippen LogP contribution in [-0.4, -0.2) is 31.2 Å². The molecule has 0 bridgehead atoms. The fraction of sp³-hybridized carbons (Fsp3) is 0.200. The Morgan fingerprint density at radius 2 is 2.00 bits per heavy atom. The Morgan fingerprint density at radius 3 is 2.74 bits per heavy atom. The summed E-state index contributed by atoms with van der Waals surface area (Å²) in [6, 6.07) is 13.6. The zero-order valence-corrected chi connectivity index (χ0v) is 14.8. The minimum Gasteiger partial charge on any atom is -0.488 e. The third-order valence-electron chi connectivity index (χ3n) is 3.67. The number of hydrogen-bond donors (Lipinski definition) is 1. The molecular weight excluding hydrogens is 351 g/mol. The molecule has 3 aromatic rings. The van der Waals surface area contributed by atoms with Crippen molar-refractivity contribution in [2.45, 2.75) is 6.42 Å². The predicted molar refractivity (Wildman–Crippen MR) is 98.0 cm³/mol. The Bertz CT molecular complexity index is 896. The van der Waals surface area contributed by atoms with E-state index < -0.39 is 5.82 Å². The highest BCUT2D eigenvalue weighted by atomic mass is 19.1.